The normalized spacial score (nSPS) is 10.3. The van der Waals surface area contributed by atoms with Crippen LogP contribution < -0.4 is 4.74 Å². The zero-order chi connectivity index (χ0) is 10.7. The average Bonchev–Trinajstić information content (AvgIpc) is 2.68. The molecule has 1 aromatic carbocycles. The van der Waals surface area contributed by atoms with Gasteiger partial charge in [0.1, 0.15) is 0 Å². The van der Waals surface area contributed by atoms with Crippen LogP contribution in [-0.4, -0.2) is 16.0 Å². The Balaban J connectivity index is 2.25. The van der Waals surface area contributed by atoms with Crippen molar-refractivity contribution in [1.82, 2.24) is 9.36 Å². The van der Waals surface area contributed by atoms with E-state index in [0.717, 1.165) is 5.56 Å². The van der Waals surface area contributed by atoms with Crippen molar-refractivity contribution in [2.24, 2.45) is 0 Å². The molecule has 0 fully saturated rings. The van der Waals surface area contributed by atoms with E-state index < -0.39 is 0 Å². The van der Waals surface area contributed by atoms with Crippen molar-refractivity contribution in [3.05, 3.63) is 29.3 Å². The molecule has 0 bridgehead atoms. The monoisotopic (exact) mass is 240 g/mol. The number of hydrogen-bond donors (Lipinski definition) is 0. The first kappa shape index (κ1) is 10.4. The first-order chi connectivity index (χ1) is 7.29. The molecule has 5 heteroatoms. The fourth-order valence-electron chi connectivity index (χ4n) is 1.11. The van der Waals surface area contributed by atoms with Crippen molar-refractivity contribution in [3.8, 4) is 16.6 Å². The quantitative estimate of drug-likeness (QED) is 0.826. The Hall–Kier alpha value is -1.13. The van der Waals surface area contributed by atoms with Gasteiger partial charge in [0, 0.05) is 22.1 Å². The van der Waals surface area contributed by atoms with Gasteiger partial charge in [0.15, 0.2) is 5.82 Å². The van der Waals surface area contributed by atoms with Crippen molar-refractivity contribution in [3.63, 3.8) is 0 Å². The van der Waals surface area contributed by atoms with E-state index in [9.17, 15) is 0 Å². The van der Waals surface area contributed by atoms with Gasteiger partial charge in [-0.2, -0.15) is 9.36 Å². The molecular weight excluding hydrogens is 232 g/mol. The average molecular weight is 241 g/mol. The van der Waals surface area contributed by atoms with E-state index in [-0.39, 0.29) is 0 Å². The number of aromatic nitrogens is 2. The predicted octanol–water partition coefficient (Wildman–Crippen LogP) is 3.26. The largest absolute Gasteiger partial charge is 0.469 e. The van der Waals surface area contributed by atoms with E-state index in [1.165, 1.54) is 11.5 Å². The van der Waals surface area contributed by atoms with Crippen LogP contribution in [0.25, 0.3) is 11.4 Å². The Kier molecular flexibility index (Phi) is 3.18. The van der Waals surface area contributed by atoms with Gasteiger partial charge in [0.25, 0.3) is 5.19 Å². The minimum absolute atomic E-state index is 0.599. The Morgan fingerprint density at radius 3 is 2.73 bits per heavy atom. The van der Waals surface area contributed by atoms with Crippen LogP contribution in [0, 0.1) is 0 Å². The molecule has 0 aliphatic rings. The second-order valence-corrected chi connectivity index (χ2v) is 3.97. The molecule has 15 heavy (non-hydrogen) atoms. The molecule has 2 rings (SSSR count). The zero-order valence-corrected chi connectivity index (χ0v) is 9.68. The highest BCUT2D eigenvalue weighted by Crippen LogP contribution is 2.23. The maximum atomic E-state index is 5.79. The van der Waals surface area contributed by atoms with Gasteiger partial charge < -0.3 is 4.74 Å². The number of nitrogens with zero attached hydrogens (tertiary/aromatic N) is 2. The Morgan fingerprint density at radius 2 is 2.07 bits per heavy atom. The van der Waals surface area contributed by atoms with Crippen LogP contribution in [0.4, 0.5) is 0 Å². The molecule has 2 aromatic rings. The molecule has 0 atom stereocenters. The van der Waals surface area contributed by atoms with E-state index >= 15 is 0 Å². The van der Waals surface area contributed by atoms with Gasteiger partial charge in [0.2, 0.25) is 0 Å². The van der Waals surface area contributed by atoms with Crippen LogP contribution in [0.1, 0.15) is 6.92 Å². The maximum absolute atomic E-state index is 5.79. The summed E-state index contributed by atoms with van der Waals surface area (Å²) in [5, 5.41) is 1.31. The molecule has 0 N–H and O–H groups in total. The summed E-state index contributed by atoms with van der Waals surface area (Å²) in [7, 11) is 0. The van der Waals surface area contributed by atoms with Gasteiger partial charge in [-0.15, -0.1) is 0 Å². The van der Waals surface area contributed by atoms with Crippen molar-refractivity contribution in [2.75, 3.05) is 6.61 Å². The van der Waals surface area contributed by atoms with Crippen molar-refractivity contribution in [1.29, 1.82) is 0 Å². The lowest BCUT2D eigenvalue weighted by atomic mass is 10.2. The summed E-state index contributed by atoms with van der Waals surface area (Å²) in [4.78, 5) is 4.24. The minimum Gasteiger partial charge on any atom is -0.469 e. The summed E-state index contributed by atoms with van der Waals surface area (Å²) in [6.07, 6.45) is 0. The Labute approximate surface area is 96.9 Å². The molecule has 78 valence electrons. The second-order valence-electron chi connectivity index (χ2n) is 2.82. The van der Waals surface area contributed by atoms with Crippen LogP contribution in [0.3, 0.4) is 0 Å². The Morgan fingerprint density at radius 1 is 1.33 bits per heavy atom. The highest BCUT2D eigenvalue weighted by Gasteiger charge is 2.06. The van der Waals surface area contributed by atoms with Crippen LogP contribution in [0.5, 0.6) is 5.19 Å². The fourth-order valence-corrected chi connectivity index (χ4v) is 1.84. The Bertz CT molecular complexity index is 441. The molecule has 0 saturated carbocycles. The molecule has 0 aliphatic carbocycles. The van der Waals surface area contributed by atoms with Crippen LogP contribution in [0.15, 0.2) is 24.3 Å². The van der Waals surface area contributed by atoms with Crippen molar-refractivity contribution >= 4 is 23.1 Å². The van der Waals surface area contributed by atoms with E-state index in [1.807, 2.05) is 31.2 Å². The molecule has 1 heterocycles. The molecule has 3 nitrogen and oxygen atoms in total. The second kappa shape index (κ2) is 4.59. The van der Waals surface area contributed by atoms with Crippen LogP contribution in [-0.2, 0) is 0 Å². The topological polar surface area (TPSA) is 35.0 Å². The molecule has 0 aliphatic heterocycles. The lowest BCUT2D eigenvalue weighted by Crippen LogP contribution is -1.89. The molecule has 0 spiro atoms. The zero-order valence-electron chi connectivity index (χ0n) is 8.11. The van der Waals surface area contributed by atoms with Crippen molar-refractivity contribution in [2.45, 2.75) is 6.92 Å². The van der Waals surface area contributed by atoms with E-state index in [2.05, 4.69) is 9.36 Å². The smallest absolute Gasteiger partial charge is 0.293 e. The summed E-state index contributed by atoms with van der Waals surface area (Å²) in [6, 6.07) is 7.41. The summed E-state index contributed by atoms with van der Waals surface area (Å²) < 4.78 is 9.45. The van der Waals surface area contributed by atoms with Crippen LogP contribution >= 0.6 is 23.1 Å². The molecule has 0 amide bonds. The molecule has 0 radical (unpaired) electrons. The van der Waals surface area contributed by atoms with E-state index in [0.29, 0.717) is 22.6 Å². The minimum atomic E-state index is 0.599. The van der Waals surface area contributed by atoms with Crippen molar-refractivity contribution < 1.29 is 4.74 Å². The summed E-state index contributed by atoms with van der Waals surface area (Å²) in [6.45, 7) is 2.53. The number of rotatable bonds is 3. The first-order valence-electron chi connectivity index (χ1n) is 4.52. The van der Waals surface area contributed by atoms with Gasteiger partial charge in [0.05, 0.1) is 6.61 Å². The van der Waals surface area contributed by atoms with Gasteiger partial charge in [-0.05, 0) is 31.2 Å². The van der Waals surface area contributed by atoms with Gasteiger partial charge in [-0.1, -0.05) is 11.6 Å². The number of hydrogen-bond acceptors (Lipinski definition) is 4. The number of benzene rings is 1. The van der Waals surface area contributed by atoms with Gasteiger partial charge >= 0.3 is 0 Å². The summed E-state index contributed by atoms with van der Waals surface area (Å²) >= 11 is 7.05. The third-order valence-corrected chi connectivity index (χ3v) is 2.66. The standard InChI is InChI=1S/C10H9ClN2OS/c1-2-14-10-12-9(13-15-10)7-3-5-8(11)6-4-7/h3-6H,2H2,1H3. The summed E-state index contributed by atoms with van der Waals surface area (Å²) in [5.74, 6) is 0.681. The molecule has 1 aromatic heterocycles. The lowest BCUT2D eigenvalue weighted by molar-refractivity contribution is 0.338. The van der Waals surface area contributed by atoms with Gasteiger partial charge in [-0.25, -0.2) is 0 Å². The number of halogens is 1. The molecule has 0 saturated heterocycles. The van der Waals surface area contributed by atoms with E-state index in [1.54, 1.807) is 0 Å². The fraction of sp³-hybridized carbons (Fsp3) is 0.200. The van der Waals surface area contributed by atoms with Crippen LogP contribution in [0.2, 0.25) is 5.02 Å². The van der Waals surface area contributed by atoms with E-state index in [4.69, 9.17) is 16.3 Å². The number of ether oxygens (including phenoxy) is 1. The maximum Gasteiger partial charge on any atom is 0.293 e. The highest BCUT2D eigenvalue weighted by atomic mass is 35.5. The molecule has 0 unspecified atom stereocenters. The summed E-state index contributed by atoms with van der Waals surface area (Å²) in [5.41, 5.74) is 0.946. The third-order valence-electron chi connectivity index (χ3n) is 1.78. The predicted molar refractivity (Wildman–Crippen MR) is 61.5 cm³/mol. The third kappa shape index (κ3) is 2.46. The lowest BCUT2D eigenvalue weighted by Gasteiger charge is -1.95. The first-order valence-corrected chi connectivity index (χ1v) is 5.67. The highest BCUT2D eigenvalue weighted by molar-refractivity contribution is 7.07. The van der Waals surface area contributed by atoms with Gasteiger partial charge in [-0.3, -0.25) is 0 Å². The molecular formula is C10H9ClN2OS. The SMILES string of the molecule is CCOc1nc(-c2ccc(Cl)cc2)ns1.